The number of para-hydroxylation sites is 1. The molecule has 0 radical (unpaired) electrons. The van der Waals surface area contributed by atoms with E-state index in [1.54, 1.807) is 0 Å². The average molecular weight is 222 g/mol. The number of fused-ring (bicyclic) bond motifs is 1. The first kappa shape index (κ1) is 10.1. The SMILES string of the molecule is Cc1ccc(C2=Nc3ccccc3C2)cc1N. The summed E-state index contributed by atoms with van der Waals surface area (Å²) in [6.07, 6.45) is 0.901. The van der Waals surface area contributed by atoms with Crippen molar-refractivity contribution in [1.29, 1.82) is 0 Å². The molecule has 84 valence electrons. The molecule has 17 heavy (non-hydrogen) atoms. The molecule has 1 aliphatic rings. The smallest absolute Gasteiger partial charge is 0.0669 e. The molecule has 2 aromatic rings. The van der Waals surface area contributed by atoms with Crippen molar-refractivity contribution in [3.05, 3.63) is 59.2 Å². The fraction of sp³-hybridized carbons (Fsp3) is 0.133. The third-order valence-electron chi connectivity index (χ3n) is 3.22. The molecule has 2 nitrogen and oxygen atoms in total. The zero-order valence-corrected chi connectivity index (χ0v) is 9.77. The van der Waals surface area contributed by atoms with Crippen molar-refractivity contribution in [2.75, 3.05) is 5.73 Å². The molecule has 0 atom stereocenters. The molecule has 0 aromatic heterocycles. The van der Waals surface area contributed by atoms with E-state index in [-0.39, 0.29) is 0 Å². The molecule has 0 bridgehead atoms. The lowest BCUT2D eigenvalue weighted by atomic mass is 10.0. The predicted octanol–water partition coefficient (Wildman–Crippen LogP) is 3.25. The minimum Gasteiger partial charge on any atom is -0.398 e. The maximum Gasteiger partial charge on any atom is 0.0669 e. The normalized spacial score (nSPS) is 13.4. The number of hydrogen-bond acceptors (Lipinski definition) is 2. The summed E-state index contributed by atoms with van der Waals surface area (Å²) in [4.78, 5) is 4.65. The summed E-state index contributed by atoms with van der Waals surface area (Å²) >= 11 is 0. The van der Waals surface area contributed by atoms with Crippen LogP contribution >= 0.6 is 0 Å². The van der Waals surface area contributed by atoms with Crippen molar-refractivity contribution in [3.8, 4) is 0 Å². The molecule has 2 heteroatoms. The number of aryl methyl sites for hydroxylation is 1. The van der Waals surface area contributed by atoms with Crippen LogP contribution in [0.15, 0.2) is 47.5 Å². The molecule has 0 saturated heterocycles. The average Bonchev–Trinajstić information content (AvgIpc) is 2.76. The van der Waals surface area contributed by atoms with E-state index in [1.807, 2.05) is 19.1 Å². The van der Waals surface area contributed by atoms with Crippen LogP contribution in [-0.2, 0) is 6.42 Å². The van der Waals surface area contributed by atoms with E-state index in [2.05, 4.69) is 35.3 Å². The number of nitrogen functional groups attached to an aromatic ring is 1. The standard InChI is InChI=1S/C15H14N2/c1-10-6-7-12(8-13(10)16)15-9-11-4-2-3-5-14(11)17-15/h2-8H,9,16H2,1H3. The van der Waals surface area contributed by atoms with Crippen molar-refractivity contribution in [1.82, 2.24) is 0 Å². The highest BCUT2D eigenvalue weighted by molar-refractivity contribution is 6.07. The Hall–Kier alpha value is -2.09. The molecule has 2 aromatic carbocycles. The van der Waals surface area contributed by atoms with Crippen LogP contribution < -0.4 is 5.73 Å². The summed E-state index contributed by atoms with van der Waals surface area (Å²) in [5.74, 6) is 0. The second-order valence-electron chi connectivity index (χ2n) is 4.44. The van der Waals surface area contributed by atoms with Crippen molar-refractivity contribution in [2.45, 2.75) is 13.3 Å². The maximum atomic E-state index is 5.94. The van der Waals surface area contributed by atoms with Gasteiger partial charge in [0, 0.05) is 12.1 Å². The first-order valence-corrected chi connectivity index (χ1v) is 5.76. The van der Waals surface area contributed by atoms with Gasteiger partial charge in [0.25, 0.3) is 0 Å². The molecule has 0 fully saturated rings. The van der Waals surface area contributed by atoms with E-state index >= 15 is 0 Å². The van der Waals surface area contributed by atoms with Gasteiger partial charge in [-0.15, -0.1) is 0 Å². The molecular weight excluding hydrogens is 208 g/mol. The third-order valence-corrected chi connectivity index (χ3v) is 3.22. The monoisotopic (exact) mass is 222 g/mol. The predicted molar refractivity (Wildman–Crippen MR) is 71.9 cm³/mol. The Balaban J connectivity index is 2.01. The summed E-state index contributed by atoms with van der Waals surface area (Å²) in [7, 11) is 0. The number of nitrogens with two attached hydrogens (primary N) is 1. The molecule has 1 aliphatic heterocycles. The molecule has 2 N–H and O–H groups in total. The molecular formula is C15H14N2. The zero-order chi connectivity index (χ0) is 11.8. The van der Waals surface area contributed by atoms with E-state index in [0.29, 0.717) is 0 Å². The van der Waals surface area contributed by atoms with Gasteiger partial charge in [0.1, 0.15) is 0 Å². The number of benzene rings is 2. The van der Waals surface area contributed by atoms with Crippen molar-refractivity contribution in [3.63, 3.8) is 0 Å². The largest absolute Gasteiger partial charge is 0.398 e. The second-order valence-corrected chi connectivity index (χ2v) is 4.44. The molecule has 0 saturated carbocycles. The van der Waals surface area contributed by atoms with E-state index in [0.717, 1.165) is 34.6 Å². The summed E-state index contributed by atoms with van der Waals surface area (Å²) < 4.78 is 0. The molecule has 3 rings (SSSR count). The first-order chi connectivity index (χ1) is 8.24. The van der Waals surface area contributed by atoms with Crippen LogP contribution in [0.2, 0.25) is 0 Å². The Kier molecular flexibility index (Phi) is 2.22. The van der Waals surface area contributed by atoms with Crippen LogP contribution in [0, 0.1) is 6.92 Å². The van der Waals surface area contributed by atoms with Crippen LogP contribution in [0.1, 0.15) is 16.7 Å². The lowest BCUT2D eigenvalue weighted by Crippen LogP contribution is -2.02. The van der Waals surface area contributed by atoms with Gasteiger partial charge in [-0.25, -0.2) is 0 Å². The number of hydrogen-bond donors (Lipinski definition) is 1. The van der Waals surface area contributed by atoms with E-state index in [1.165, 1.54) is 5.56 Å². The van der Waals surface area contributed by atoms with E-state index in [4.69, 9.17) is 5.73 Å². The minimum atomic E-state index is 0.834. The molecule has 0 spiro atoms. The van der Waals surface area contributed by atoms with Crippen LogP contribution in [0.25, 0.3) is 0 Å². The van der Waals surface area contributed by atoms with Crippen LogP contribution in [0.3, 0.4) is 0 Å². The highest BCUT2D eigenvalue weighted by Gasteiger charge is 2.15. The fourth-order valence-electron chi connectivity index (χ4n) is 2.12. The van der Waals surface area contributed by atoms with Gasteiger partial charge in [0.15, 0.2) is 0 Å². The lowest BCUT2D eigenvalue weighted by Gasteiger charge is -2.04. The third kappa shape index (κ3) is 1.72. The van der Waals surface area contributed by atoms with Gasteiger partial charge >= 0.3 is 0 Å². The quantitative estimate of drug-likeness (QED) is 0.739. The van der Waals surface area contributed by atoms with Gasteiger partial charge < -0.3 is 5.73 Å². The van der Waals surface area contributed by atoms with Gasteiger partial charge in [-0.05, 0) is 35.7 Å². The first-order valence-electron chi connectivity index (χ1n) is 5.76. The number of anilines is 1. The van der Waals surface area contributed by atoms with Crippen LogP contribution in [0.5, 0.6) is 0 Å². The Morgan fingerprint density at radius 3 is 2.71 bits per heavy atom. The van der Waals surface area contributed by atoms with E-state index < -0.39 is 0 Å². The molecule has 0 unspecified atom stereocenters. The maximum absolute atomic E-state index is 5.94. The highest BCUT2D eigenvalue weighted by Crippen LogP contribution is 2.29. The van der Waals surface area contributed by atoms with Crippen molar-refractivity contribution >= 4 is 17.1 Å². The van der Waals surface area contributed by atoms with Gasteiger partial charge in [-0.1, -0.05) is 30.3 Å². The Morgan fingerprint density at radius 2 is 1.94 bits per heavy atom. The van der Waals surface area contributed by atoms with Gasteiger partial charge in [-0.2, -0.15) is 0 Å². The number of aliphatic imine (C=N–C) groups is 1. The topological polar surface area (TPSA) is 38.4 Å². The van der Waals surface area contributed by atoms with E-state index in [9.17, 15) is 0 Å². The Bertz CT molecular complexity index is 612. The van der Waals surface area contributed by atoms with Gasteiger partial charge in [-0.3, -0.25) is 4.99 Å². The van der Waals surface area contributed by atoms with Crippen molar-refractivity contribution in [2.24, 2.45) is 4.99 Å². The summed E-state index contributed by atoms with van der Waals surface area (Å²) in [5, 5.41) is 0. The summed E-state index contributed by atoms with van der Waals surface area (Å²) in [6, 6.07) is 14.4. The minimum absolute atomic E-state index is 0.834. The van der Waals surface area contributed by atoms with Crippen molar-refractivity contribution < 1.29 is 0 Å². The van der Waals surface area contributed by atoms with Crippen LogP contribution in [0.4, 0.5) is 11.4 Å². The lowest BCUT2D eigenvalue weighted by molar-refractivity contribution is 1.38. The molecule has 0 aliphatic carbocycles. The number of nitrogens with zero attached hydrogens (tertiary/aromatic N) is 1. The second kappa shape index (κ2) is 3.74. The summed E-state index contributed by atoms with van der Waals surface area (Å²) in [5.41, 5.74) is 12.5. The number of rotatable bonds is 1. The van der Waals surface area contributed by atoms with Crippen LogP contribution in [-0.4, -0.2) is 5.71 Å². The summed E-state index contributed by atoms with van der Waals surface area (Å²) in [6.45, 7) is 2.02. The highest BCUT2D eigenvalue weighted by atomic mass is 14.8. The molecule has 0 amide bonds. The van der Waals surface area contributed by atoms with Gasteiger partial charge in [0.05, 0.1) is 11.4 Å². The fourth-order valence-corrected chi connectivity index (χ4v) is 2.12. The Labute approximate surface area is 101 Å². The Morgan fingerprint density at radius 1 is 1.12 bits per heavy atom. The zero-order valence-electron chi connectivity index (χ0n) is 9.77. The van der Waals surface area contributed by atoms with Gasteiger partial charge in [0.2, 0.25) is 0 Å². The molecule has 1 heterocycles.